The molecule has 0 radical (unpaired) electrons. The summed E-state index contributed by atoms with van der Waals surface area (Å²) in [7, 11) is 0. The van der Waals surface area contributed by atoms with Crippen molar-refractivity contribution in [3.05, 3.63) is 16.8 Å². The average Bonchev–Trinajstić information content (AvgIpc) is 3.10. The molecule has 0 atom stereocenters. The number of anilines is 1. The highest BCUT2D eigenvalue weighted by molar-refractivity contribution is 7.99. The highest BCUT2D eigenvalue weighted by atomic mass is 32.2. The van der Waals surface area contributed by atoms with Gasteiger partial charge in [-0.2, -0.15) is 32.5 Å². The molecular weight excluding hydrogens is 310 g/mol. The van der Waals surface area contributed by atoms with Gasteiger partial charge in [-0.1, -0.05) is 0 Å². The smallest absolute Gasteiger partial charge is 0.226 e. The van der Waals surface area contributed by atoms with Crippen LogP contribution in [0.15, 0.2) is 16.8 Å². The summed E-state index contributed by atoms with van der Waals surface area (Å²) in [4.78, 5) is 16.4. The van der Waals surface area contributed by atoms with Crippen molar-refractivity contribution in [3.63, 3.8) is 0 Å². The van der Waals surface area contributed by atoms with Crippen LogP contribution in [0.3, 0.4) is 0 Å². The predicted octanol–water partition coefficient (Wildman–Crippen LogP) is 3.74. The summed E-state index contributed by atoms with van der Waals surface area (Å²) in [6.45, 7) is 0. The maximum absolute atomic E-state index is 12.0. The molecule has 0 bridgehead atoms. The Bertz CT molecular complexity index is 561. The SMILES string of the molecule is O=C(CC1CCSCC1)Nc1nc(-c2ccsc2)ns1. The van der Waals surface area contributed by atoms with Crippen molar-refractivity contribution in [2.75, 3.05) is 16.8 Å². The number of aromatic nitrogens is 2. The van der Waals surface area contributed by atoms with E-state index in [1.807, 2.05) is 28.6 Å². The second-order valence-corrected chi connectivity index (χ2v) is 7.50. The van der Waals surface area contributed by atoms with Crippen molar-refractivity contribution in [2.45, 2.75) is 19.3 Å². The molecule has 1 aliphatic heterocycles. The predicted molar refractivity (Wildman–Crippen MR) is 86.5 cm³/mol. The van der Waals surface area contributed by atoms with Crippen molar-refractivity contribution in [1.29, 1.82) is 0 Å². The molecule has 0 spiro atoms. The van der Waals surface area contributed by atoms with E-state index in [1.54, 1.807) is 11.3 Å². The molecule has 2 aromatic rings. The van der Waals surface area contributed by atoms with E-state index in [4.69, 9.17) is 0 Å². The quantitative estimate of drug-likeness (QED) is 0.930. The third kappa shape index (κ3) is 3.59. The lowest BCUT2D eigenvalue weighted by Gasteiger charge is -2.20. The first kappa shape index (κ1) is 14.0. The lowest BCUT2D eigenvalue weighted by Crippen LogP contribution is -2.19. The molecule has 1 saturated heterocycles. The van der Waals surface area contributed by atoms with Gasteiger partial charge < -0.3 is 5.32 Å². The van der Waals surface area contributed by atoms with Crippen LogP contribution in [0.25, 0.3) is 11.4 Å². The van der Waals surface area contributed by atoms with Gasteiger partial charge in [0, 0.05) is 28.9 Å². The Kier molecular flexibility index (Phi) is 4.69. The Morgan fingerprint density at radius 1 is 1.40 bits per heavy atom. The first-order chi connectivity index (χ1) is 9.81. The summed E-state index contributed by atoms with van der Waals surface area (Å²) in [5.41, 5.74) is 1.01. The van der Waals surface area contributed by atoms with E-state index in [2.05, 4.69) is 14.7 Å². The van der Waals surface area contributed by atoms with Gasteiger partial charge >= 0.3 is 0 Å². The van der Waals surface area contributed by atoms with Crippen LogP contribution < -0.4 is 5.32 Å². The minimum absolute atomic E-state index is 0.0647. The molecule has 1 aliphatic rings. The number of rotatable bonds is 4. The van der Waals surface area contributed by atoms with E-state index >= 15 is 0 Å². The average molecular weight is 325 g/mol. The number of nitrogens with one attached hydrogen (secondary N) is 1. The van der Waals surface area contributed by atoms with E-state index in [0.29, 0.717) is 23.3 Å². The van der Waals surface area contributed by atoms with Crippen LogP contribution in [0, 0.1) is 5.92 Å². The number of nitrogens with zero attached hydrogens (tertiary/aromatic N) is 2. The van der Waals surface area contributed by atoms with E-state index < -0.39 is 0 Å². The molecule has 1 amide bonds. The fraction of sp³-hybridized carbons (Fsp3) is 0.462. The molecule has 0 aromatic carbocycles. The van der Waals surface area contributed by atoms with Crippen molar-refractivity contribution in [3.8, 4) is 11.4 Å². The molecule has 106 valence electrons. The Morgan fingerprint density at radius 3 is 3.00 bits per heavy atom. The highest BCUT2D eigenvalue weighted by Crippen LogP contribution is 2.26. The summed E-state index contributed by atoms with van der Waals surface area (Å²) in [5, 5.41) is 7.48. The van der Waals surface area contributed by atoms with Crippen LogP contribution in [-0.2, 0) is 4.79 Å². The second-order valence-electron chi connectivity index (χ2n) is 4.74. The van der Waals surface area contributed by atoms with E-state index in [0.717, 1.165) is 18.4 Å². The summed E-state index contributed by atoms with van der Waals surface area (Å²) < 4.78 is 4.28. The Balaban J connectivity index is 1.56. The molecule has 3 heterocycles. The van der Waals surface area contributed by atoms with Gasteiger partial charge in [0.05, 0.1) is 0 Å². The number of amides is 1. The van der Waals surface area contributed by atoms with Crippen LogP contribution in [0.2, 0.25) is 0 Å². The van der Waals surface area contributed by atoms with E-state index in [1.165, 1.54) is 23.0 Å². The Labute approximate surface area is 130 Å². The molecule has 4 nitrogen and oxygen atoms in total. The normalized spacial score (nSPS) is 16.2. The summed E-state index contributed by atoms with van der Waals surface area (Å²) >= 11 is 4.84. The van der Waals surface area contributed by atoms with Crippen molar-refractivity contribution in [1.82, 2.24) is 9.36 Å². The fourth-order valence-electron chi connectivity index (χ4n) is 2.17. The number of thiophene rings is 1. The van der Waals surface area contributed by atoms with Gasteiger partial charge in [0.2, 0.25) is 11.0 Å². The molecule has 1 N–H and O–H groups in total. The van der Waals surface area contributed by atoms with Crippen molar-refractivity contribution < 1.29 is 4.79 Å². The molecule has 2 aromatic heterocycles. The van der Waals surface area contributed by atoms with Gasteiger partial charge in [0.25, 0.3) is 0 Å². The third-order valence-corrected chi connectivity index (χ3v) is 5.63. The number of carbonyl (C=O) groups is 1. The minimum Gasteiger partial charge on any atom is -0.301 e. The number of carbonyl (C=O) groups excluding carboxylic acids is 1. The molecule has 3 rings (SSSR count). The van der Waals surface area contributed by atoms with Crippen LogP contribution in [-0.4, -0.2) is 26.8 Å². The summed E-state index contributed by atoms with van der Waals surface area (Å²) in [6.07, 6.45) is 2.90. The number of thioether (sulfide) groups is 1. The summed E-state index contributed by atoms with van der Waals surface area (Å²) in [6, 6.07) is 1.98. The summed E-state index contributed by atoms with van der Waals surface area (Å²) in [5.74, 6) is 3.65. The number of hydrogen-bond donors (Lipinski definition) is 1. The Morgan fingerprint density at radius 2 is 2.25 bits per heavy atom. The van der Waals surface area contributed by atoms with Crippen LogP contribution in [0.1, 0.15) is 19.3 Å². The largest absolute Gasteiger partial charge is 0.301 e. The maximum atomic E-state index is 12.0. The zero-order valence-corrected chi connectivity index (χ0v) is 13.3. The van der Waals surface area contributed by atoms with Gasteiger partial charge in [-0.15, -0.1) is 0 Å². The van der Waals surface area contributed by atoms with Crippen LogP contribution in [0.5, 0.6) is 0 Å². The molecule has 1 fully saturated rings. The molecular formula is C13H15N3OS3. The van der Waals surface area contributed by atoms with Gasteiger partial charge in [0.1, 0.15) is 0 Å². The molecule has 7 heteroatoms. The van der Waals surface area contributed by atoms with Gasteiger partial charge in [0.15, 0.2) is 5.82 Å². The van der Waals surface area contributed by atoms with Gasteiger partial charge in [-0.05, 0) is 41.7 Å². The number of hydrogen-bond acceptors (Lipinski definition) is 6. The van der Waals surface area contributed by atoms with Gasteiger partial charge in [-0.3, -0.25) is 4.79 Å². The standard InChI is InChI=1S/C13H15N3OS3/c17-11(7-9-1-4-18-5-2-9)14-13-15-12(16-20-13)10-3-6-19-8-10/h3,6,8-9H,1-2,4-5,7H2,(H,14,15,16,17). The lowest BCUT2D eigenvalue weighted by atomic mass is 9.99. The molecule has 20 heavy (non-hydrogen) atoms. The highest BCUT2D eigenvalue weighted by Gasteiger charge is 2.18. The molecule has 0 unspecified atom stereocenters. The Hall–Kier alpha value is -0.920. The fourth-order valence-corrected chi connectivity index (χ4v) is 4.61. The third-order valence-electron chi connectivity index (χ3n) is 3.27. The van der Waals surface area contributed by atoms with Crippen molar-refractivity contribution in [2.24, 2.45) is 5.92 Å². The van der Waals surface area contributed by atoms with E-state index in [9.17, 15) is 4.79 Å². The lowest BCUT2D eigenvalue weighted by molar-refractivity contribution is -0.117. The van der Waals surface area contributed by atoms with E-state index in [-0.39, 0.29) is 5.91 Å². The second kappa shape index (κ2) is 6.69. The molecule has 0 saturated carbocycles. The maximum Gasteiger partial charge on any atom is 0.226 e. The molecule has 0 aliphatic carbocycles. The zero-order valence-electron chi connectivity index (χ0n) is 10.9. The van der Waals surface area contributed by atoms with Crippen LogP contribution >= 0.6 is 34.6 Å². The van der Waals surface area contributed by atoms with Crippen molar-refractivity contribution >= 4 is 45.7 Å². The topological polar surface area (TPSA) is 54.9 Å². The zero-order chi connectivity index (χ0) is 13.8. The minimum atomic E-state index is 0.0647. The first-order valence-electron chi connectivity index (χ1n) is 6.55. The van der Waals surface area contributed by atoms with Gasteiger partial charge in [-0.25, -0.2) is 0 Å². The monoisotopic (exact) mass is 325 g/mol. The first-order valence-corrected chi connectivity index (χ1v) is 9.42. The van der Waals surface area contributed by atoms with Crippen LogP contribution in [0.4, 0.5) is 5.13 Å².